The van der Waals surface area contributed by atoms with Gasteiger partial charge in [-0.15, -0.1) is 15.3 Å². The van der Waals surface area contributed by atoms with E-state index in [-0.39, 0.29) is 13.1 Å². The van der Waals surface area contributed by atoms with Gasteiger partial charge < -0.3 is 5.11 Å². The summed E-state index contributed by atoms with van der Waals surface area (Å²) in [5, 5.41) is 31.6. The van der Waals surface area contributed by atoms with Gasteiger partial charge in [0.25, 0.3) is 0 Å². The highest BCUT2D eigenvalue weighted by atomic mass is 16.4. The molecule has 0 aliphatic rings. The number of carboxylic acid groups (broad SMARTS) is 1. The molecule has 0 saturated heterocycles. The molecular weight excluding hydrogens is 276 g/mol. The molecule has 3 rings (SSSR count). The van der Waals surface area contributed by atoms with Crippen molar-refractivity contribution in [2.45, 2.75) is 13.1 Å². The Morgan fingerprint density at radius 2 is 1.95 bits per heavy atom. The summed E-state index contributed by atoms with van der Waals surface area (Å²) >= 11 is 0. The van der Waals surface area contributed by atoms with Crippen molar-refractivity contribution in [2.75, 3.05) is 0 Å². The summed E-state index contributed by atoms with van der Waals surface area (Å²) < 4.78 is 1.17. The van der Waals surface area contributed by atoms with Crippen LogP contribution in [0.1, 0.15) is 5.82 Å². The van der Waals surface area contributed by atoms with Crippen LogP contribution in [0.15, 0.2) is 30.3 Å². The lowest BCUT2D eigenvalue weighted by atomic mass is 10.2. The minimum Gasteiger partial charge on any atom is -0.480 e. The van der Waals surface area contributed by atoms with Crippen molar-refractivity contribution in [3.8, 4) is 11.4 Å². The first kappa shape index (κ1) is 12.8. The van der Waals surface area contributed by atoms with E-state index in [4.69, 9.17) is 5.11 Å². The first-order chi connectivity index (χ1) is 10.2. The maximum atomic E-state index is 10.7. The number of carbonyl (C=O) groups is 1. The lowest BCUT2D eigenvalue weighted by Crippen LogP contribution is -2.16. The monoisotopic (exact) mass is 286 g/mol. The third-order valence-corrected chi connectivity index (χ3v) is 2.66. The Kier molecular flexibility index (Phi) is 3.33. The summed E-state index contributed by atoms with van der Waals surface area (Å²) in [5.74, 6) is -0.206. The van der Waals surface area contributed by atoms with E-state index in [0.717, 1.165) is 5.56 Å². The molecule has 1 aromatic carbocycles. The Labute approximate surface area is 118 Å². The second kappa shape index (κ2) is 5.45. The van der Waals surface area contributed by atoms with Crippen LogP contribution in [0.4, 0.5) is 0 Å². The Balaban J connectivity index is 1.79. The average Bonchev–Trinajstić information content (AvgIpc) is 3.10. The summed E-state index contributed by atoms with van der Waals surface area (Å²) in [6, 6.07) is 9.40. The summed E-state index contributed by atoms with van der Waals surface area (Å²) in [7, 11) is 0. The fourth-order valence-corrected chi connectivity index (χ4v) is 1.73. The van der Waals surface area contributed by atoms with Crippen LogP contribution in [0.25, 0.3) is 11.4 Å². The summed E-state index contributed by atoms with van der Waals surface area (Å²) in [4.78, 5) is 12.0. The maximum absolute atomic E-state index is 10.7. The SMILES string of the molecule is O=C(O)Cn1nnnc1Cn1nnc(-c2ccccc2)n1. The van der Waals surface area contributed by atoms with E-state index in [2.05, 4.69) is 30.9 Å². The van der Waals surface area contributed by atoms with Gasteiger partial charge in [-0.3, -0.25) is 4.79 Å². The zero-order chi connectivity index (χ0) is 14.7. The normalized spacial score (nSPS) is 10.7. The highest BCUT2D eigenvalue weighted by Crippen LogP contribution is 2.11. The van der Waals surface area contributed by atoms with E-state index in [0.29, 0.717) is 11.6 Å². The topological polar surface area (TPSA) is 124 Å². The number of aromatic nitrogens is 8. The van der Waals surface area contributed by atoms with Crippen molar-refractivity contribution in [3.05, 3.63) is 36.2 Å². The van der Waals surface area contributed by atoms with Crippen LogP contribution in [-0.2, 0) is 17.9 Å². The van der Waals surface area contributed by atoms with Crippen molar-refractivity contribution < 1.29 is 9.90 Å². The van der Waals surface area contributed by atoms with Gasteiger partial charge in [-0.25, -0.2) is 4.68 Å². The molecule has 0 saturated carbocycles. The number of hydrogen-bond donors (Lipinski definition) is 1. The summed E-state index contributed by atoms with van der Waals surface area (Å²) in [6.45, 7) is -0.178. The van der Waals surface area contributed by atoms with Gasteiger partial charge in [0.2, 0.25) is 5.82 Å². The molecular formula is C11H10N8O2. The van der Waals surface area contributed by atoms with Gasteiger partial charge >= 0.3 is 5.97 Å². The van der Waals surface area contributed by atoms with Crippen molar-refractivity contribution in [1.82, 2.24) is 40.4 Å². The molecule has 10 heteroatoms. The lowest BCUT2D eigenvalue weighted by Gasteiger charge is -1.99. The van der Waals surface area contributed by atoms with E-state index < -0.39 is 5.97 Å². The van der Waals surface area contributed by atoms with E-state index in [9.17, 15) is 4.79 Å². The number of benzene rings is 1. The Hall–Kier alpha value is -3.17. The summed E-state index contributed by atoms with van der Waals surface area (Å²) in [5.41, 5.74) is 0.842. The number of rotatable bonds is 5. The van der Waals surface area contributed by atoms with Gasteiger partial charge in [-0.1, -0.05) is 30.3 Å². The zero-order valence-electron chi connectivity index (χ0n) is 10.7. The number of carboxylic acids is 1. The quantitative estimate of drug-likeness (QED) is 0.663. The Bertz CT molecular complexity index is 750. The summed E-state index contributed by atoms with van der Waals surface area (Å²) in [6.07, 6.45) is 0. The van der Waals surface area contributed by atoms with Gasteiger partial charge in [0, 0.05) is 5.56 Å². The first-order valence-corrected chi connectivity index (χ1v) is 6.02. The van der Waals surface area contributed by atoms with Gasteiger partial charge in [0.05, 0.1) is 0 Å². The van der Waals surface area contributed by atoms with Crippen molar-refractivity contribution in [2.24, 2.45) is 0 Å². The van der Waals surface area contributed by atoms with E-state index >= 15 is 0 Å². The smallest absolute Gasteiger partial charge is 0.325 e. The van der Waals surface area contributed by atoms with Crippen molar-refractivity contribution >= 4 is 5.97 Å². The third-order valence-electron chi connectivity index (χ3n) is 2.66. The third kappa shape index (κ3) is 2.88. The van der Waals surface area contributed by atoms with Crippen LogP contribution >= 0.6 is 0 Å². The molecule has 3 aromatic rings. The molecule has 2 aromatic heterocycles. The molecule has 10 nitrogen and oxygen atoms in total. The van der Waals surface area contributed by atoms with E-state index in [1.165, 1.54) is 9.48 Å². The molecule has 0 aliphatic carbocycles. The molecule has 0 radical (unpaired) electrons. The Morgan fingerprint density at radius 3 is 2.71 bits per heavy atom. The first-order valence-electron chi connectivity index (χ1n) is 6.02. The molecule has 0 bridgehead atoms. The molecule has 0 spiro atoms. The molecule has 21 heavy (non-hydrogen) atoms. The largest absolute Gasteiger partial charge is 0.480 e. The van der Waals surface area contributed by atoms with Crippen LogP contribution in [0, 0.1) is 0 Å². The molecule has 2 heterocycles. The van der Waals surface area contributed by atoms with E-state index in [1.807, 2.05) is 30.3 Å². The number of hydrogen-bond acceptors (Lipinski definition) is 7. The number of aliphatic carboxylic acids is 1. The fraction of sp³-hybridized carbons (Fsp3) is 0.182. The highest BCUT2D eigenvalue weighted by Gasteiger charge is 2.12. The molecule has 0 atom stereocenters. The second-order valence-electron chi connectivity index (χ2n) is 4.16. The van der Waals surface area contributed by atoms with Crippen LogP contribution in [0.2, 0.25) is 0 Å². The molecule has 0 fully saturated rings. The molecule has 0 aliphatic heterocycles. The standard InChI is InChI=1S/C11H10N8O2/c20-10(21)7-18-9(12-15-17-18)6-19-14-11(13-16-19)8-4-2-1-3-5-8/h1-5H,6-7H2,(H,20,21). The minimum absolute atomic E-state index is 0.139. The van der Waals surface area contributed by atoms with Crippen molar-refractivity contribution in [3.63, 3.8) is 0 Å². The fourth-order valence-electron chi connectivity index (χ4n) is 1.73. The van der Waals surface area contributed by atoms with Gasteiger partial charge in [0.15, 0.2) is 5.82 Å². The predicted octanol–water partition coefficient (Wildman–Crippen LogP) is -0.541. The maximum Gasteiger partial charge on any atom is 0.325 e. The van der Waals surface area contributed by atoms with Crippen LogP contribution < -0.4 is 0 Å². The number of nitrogens with zero attached hydrogens (tertiary/aromatic N) is 8. The van der Waals surface area contributed by atoms with Crippen LogP contribution in [0.5, 0.6) is 0 Å². The highest BCUT2D eigenvalue weighted by molar-refractivity contribution is 5.66. The van der Waals surface area contributed by atoms with Crippen molar-refractivity contribution in [1.29, 1.82) is 0 Å². The molecule has 0 amide bonds. The molecule has 106 valence electrons. The predicted molar refractivity (Wildman–Crippen MR) is 67.8 cm³/mol. The molecule has 1 N–H and O–H groups in total. The zero-order valence-corrected chi connectivity index (χ0v) is 10.7. The average molecular weight is 286 g/mol. The van der Waals surface area contributed by atoms with E-state index in [1.54, 1.807) is 0 Å². The van der Waals surface area contributed by atoms with Gasteiger partial charge in [-0.2, -0.15) is 4.80 Å². The van der Waals surface area contributed by atoms with Gasteiger partial charge in [0.1, 0.15) is 13.1 Å². The minimum atomic E-state index is -1.03. The van der Waals surface area contributed by atoms with Crippen LogP contribution in [0.3, 0.4) is 0 Å². The number of tetrazole rings is 2. The second-order valence-corrected chi connectivity index (χ2v) is 4.16. The van der Waals surface area contributed by atoms with Crippen LogP contribution in [-0.4, -0.2) is 51.5 Å². The van der Waals surface area contributed by atoms with Gasteiger partial charge in [-0.05, 0) is 15.6 Å². The Morgan fingerprint density at radius 1 is 1.14 bits per heavy atom. The molecule has 0 unspecified atom stereocenters. The lowest BCUT2D eigenvalue weighted by molar-refractivity contribution is -0.138.